The molecule has 41 heavy (non-hydrogen) atoms. The maximum Gasteiger partial charge on any atom is 0.295 e. The van der Waals surface area contributed by atoms with Crippen molar-refractivity contribution in [2.45, 2.75) is 38.5 Å². The van der Waals surface area contributed by atoms with E-state index in [1.54, 1.807) is 11.0 Å². The number of fused-ring (bicyclic) bond motifs is 1. The molecular weight excluding hydrogens is 514 g/mol. The van der Waals surface area contributed by atoms with Crippen LogP contribution in [-0.2, 0) is 29.0 Å². The lowest BCUT2D eigenvalue weighted by Gasteiger charge is -2.26. The molecule has 1 N–H and O–H groups in total. The van der Waals surface area contributed by atoms with Gasteiger partial charge < -0.3 is 19.5 Å². The lowest BCUT2D eigenvalue weighted by molar-refractivity contribution is -0.139. The topological polar surface area (TPSA) is 76.1 Å². The molecule has 0 saturated carbocycles. The average Bonchev–Trinajstić information content (AvgIpc) is 3.50. The van der Waals surface area contributed by atoms with Crippen LogP contribution < -0.4 is 9.47 Å². The summed E-state index contributed by atoms with van der Waals surface area (Å²) in [6, 6.07) is 31.7. The standard InChI is InChI=1S/C35H31NO5/c1-23-19-28-20-27(15-16-30(28)41-23)33(37)31-32(36(35(39)34(31)38)18-17-24-9-4-2-5-10-24)26-13-8-14-29(21-26)40-22-25-11-6-3-7-12-25/h2-16,20-21,23,32,37H,17-19,22H2,1H3/b33-31+/t23-,32-/m0/s1. The fourth-order valence-corrected chi connectivity index (χ4v) is 5.59. The number of aliphatic hydroxyl groups excluding tert-OH is 1. The SMILES string of the molecule is C[C@H]1Cc2cc(/C(O)=C3\C(=O)C(=O)N(CCc4ccccc4)[C@H]3c3cccc(OCc4ccccc4)c3)ccc2O1. The maximum atomic E-state index is 13.5. The normalized spacial score (nSPS) is 19.2. The molecular formula is C35H31NO5. The highest BCUT2D eigenvalue weighted by molar-refractivity contribution is 6.46. The summed E-state index contributed by atoms with van der Waals surface area (Å²) >= 11 is 0. The van der Waals surface area contributed by atoms with Gasteiger partial charge in [0.1, 0.15) is 30.0 Å². The number of Topliss-reactive ketones (excluding diaryl/α,β-unsaturated/α-hetero) is 1. The summed E-state index contributed by atoms with van der Waals surface area (Å²) in [6.45, 7) is 2.69. The summed E-state index contributed by atoms with van der Waals surface area (Å²) in [5, 5.41) is 11.6. The van der Waals surface area contributed by atoms with Gasteiger partial charge in [0.15, 0.2) is 0 Å². The number of aliphatic hydroxyl groups is 1. The Morgan fingerprint density at radius 3 is 2.39 bits per heavy atom. The molecule has 206 valence electrons. The summed E-state index contributed by atoms with van der Waals surface area (Å²) in [4.78, 5) is 28.6. The Bertz CT molecular complexity index is 1610. The summed E-state index contributed by atoms with van der Waals surface area (Å²) < 4.78 is 11.9. The molecule has 2 aliphatic rings. The lowest BCUT2D eigenvalue weighted by atomic mass is 9.94. The predicted molar refractivity (Wildman–Crippen MR) is 157 cm³/mol. The van der Waals surface area contributed by atoms with Crippen molar-refractivity contribution in [2.24, 2.45) is 0 Å². The second-order valence-corrected chi connectivity index (χ2v) is 10.5. The van der Waals surface area contributed by atoms with Gasteiger partial charge in [0, 0.05) is 18.5 Å². The smallest absolute Gasteiger partial charge is 0.295 e. The highest BCUT2D eigenvalue weighted by atomic mass is 16.5. The quantitative estimate of drug-likeness (QED) is 0.161. The molecule has 6 rings (SSSR count). The molecule has 2 heterocycles. The first-order chi connectivity index (χ1) is 20.0. The second kappa shape index (κ2) is 11.3. The number of likely N-dealkylation sites (tertiary alicyclic amines) is 1. The van der Waals surface area contributed by atoms with E-state index in [2.05, 4.69) is 0 Å². The van der Waals surface area contributed by atoms with Gasteiger partial charge in [-0.05, 0) is 65.9 Å². The molecule has 0 radical (unpaired) electrons. The van der Waals surface area contributed by atoms with E-state index in [-0.39, 0.29) is 17.4 Å². The number of ether oxygens (including phenoxy) is 2. The summed E-state index contributed by atoms with van der Waals surface area (Å²) in [6.07, 6.45) is 1.33. The van der Waals surface area contributed by atoms with Crippen molar-refractivity contribution in [3.05, 3.63) is 137 Å². The van der Waals surface area contributed by atoms with Crippen LogP contribution in [0.3, 0.4) is 0 Å². The molecule has 0 spiro atoms. The van der Waals surface area contributed by atoms with Gasteiger partial charge in [-0.3, -0.25) is 9.59 Å². The van der Waals surface area contributed by atoms with Gasteiger partial charge in [-0.25, -0.2) is 0 Å². The number of nitrogens with zero attached hydrogens (tertiary/aromatic N) is 1. The number of carbonyl (C=O) groups is 2. The third-order valence-electron chi connectivity index (χ3n) is 7.62. The van der Waals surface area contributed by atoms with Crippen molar-refractivity contribution in [3.8, 4) is 11.5 Å². The number of hydrogen-bond donors (Lipinski definition) is 1. The van der Waals surface area contributed by atoms with E-state index >= 15 is 0 Å². The molecule has 0 aliphatic carbocycles. The van der Waals surface area contributed by atoms with E-state index in [1.165, 1.54) is 0 Å². The van der Waals surface area contributed by atoms with Crippen molar-refractivity contribution in [3.63, 3.8) is 0 Å². The van der Waals surface area contributed by atoms with Crippen LogP contribution in [0.4, 0.5) is 0 Å². The van der Waals surface area contributed by atoms with Gasteiger partial charge in [0.2, 0.25) is 0 Å². The maximum absolute atomic E-state index is 13.5. The zero-order valence-corrected chi connectivity index (χ0v) is 22.8. The molecule has 1 amide bonds. The van der Waals surface area contributed by atoms with Gasteiger partial charge in [-0.15, -0.1) is 0 Å². The summed E-state index contributed by atoms with van der Waals surface area (Å²) in [7, 11) is 0. The fraction of sp³-hybridized carbons (Fsp3) is 0.200. The lowest BCUT2D eigenvalue weighted by Crippen LogP contribution is -2.31. The van der Waals surface area contributed by atoms with Crippen LogP contribution in [0.1, 0.15) is 40.8 Å². The van der Waals surface area contributed by atoms with Crippen LogP contribution in [0.25, 0.3) is 5.76 Å². The number of ketones is 1. The van der Waals surface area contributed by atoms with E-state index in [4.69, 9.17) is 9.47 Å². The van der Waals surface area contributed by atoms with E-state index < -0.39 is 17.7 Å². The largest absolute Gasteiger partial charge is 0.507 e. The Hall–Kier alpha value is -4.84. The Balaban J connectivity index is 1.38. The molecule has 6 heteroatoms. The van der Waals surface area contributed by atoms with Gasteiger partial charge >= 0.3 is 0 Å². The van der Waals surface area contributed by atoms with Crippen molar-refractivity contribution in [1.82, 2.24) is 4.90 Å². The van der Waals surface area contributed by atoms with Crippen LogP contribution in [-0.4, -0.2) is 34.3 Å². The van der Waals surface area contributed by atoms with Crippen LogP contribution in [0.15, 0.2) is 109 Å². The monoisotopic (exact) mass is 545 g/mol. The molecule has 4 aromatic rings. The van der Waals surface area contributed by atoms with E-state index in [1.807, 2.05) is 104 Å². The first-order valence-corrected chi connectivity index (χ1v) is 13.9. The van der Waals surface area contributed by atoms with Crippen LogP contribution in [0.2, 0.25) is 0 Å². The Kier molecular flexibility index (Phi) is 7.30. The molecule has 0 unspecified atom stereocenters. The Morgan fingerprint density at radius 2 is 1.63 bits per heavy atom. The van der Waals surface area contributed by atoms with Crippen LogP contribution in [0.5, 0.6) is 11.5 Å². The van der Waals surface area contributed by atoms with E-state index in [0.29, 0.717) is 42.9 Å². The van der Waals surface area contributed by atoms with Crippen LogP contribution >= 0.6 is 0 Å². The van der Waals surface area contributed by atoms with Gasteiger partial charge in [-0.2, -0.15) is 0 Å². The fourth-order valence-electron chi connectivity index (χ4n) is 5.59. The van der Waals surface area contributed by atoms with Crippen molar-refractivity contribution in [2.75, 3.05) is 6.54 Å². The van der Waals surface area contributed by atoms with Gasteiger partial charge in [0.05, 0.1) is 11.6 Å². The third-order valence-corrected chi connectivity index (χ3v) is 7.62. The van der Waals surface area contributed by atoms with Gasteiger partial charge in [0.25, 0.3) is 11.7 Å². The number of carbonyl (C=O) groups excluding carboxylic acids is 2. The molecule has 2 atom stereocenters. The minimum absolute atomic E-state index is 0.0459. The van der Waals surface area contributed by atoms with E-state index in [9.17, 15) is 14.7 Å². The zero-order valence-electron chi connectivity index (χ0n) is 22.8. The summed E-state index contributed by atoms with van der Waals surface area (Å²) in [5.74, 6) is -0.114. The second-order valence-electron chi connectivity index (χ2n) is 10.5. The average molecular weight is 546 g/mol. The van der Waals surface area contributed by atoms with Crippen molar-refractivity contribution < 1.29 is 24.2 Å². The Morgan fingerprint density at radius 1 is 0.902 bits per heavy atom. The molecule has 2 aliphatic heterocycles. The molecule has 4 aromatic carbocycles. The van der Waals surface area contributed by atoms with Gasteiger partial charge in [-0.1, -0.05) is 72.8 Å². The first kappa shape index (κ1) is 26.4. The summed E-state index contributed by atoms with van der Waals surface area (Å²) in [5.41, 5.74) is 4.32. The Labute approximate surface area is 239 Å². The first-order valence-electron chi connectivity index (χ1n) is 13.9. The molecule has 0 bridgehead atoms. The highest BCUT2D eigenvalue weighted by Gasteiger charge is 2.46. The molecule has 1 saturated heterocycles. The predicted octanol–water partition coefficient (Wildman–Crippen LogP) is 6.25. The number of benzene rings is 4. The van der Waals surface area contributed by atoms with Crippen molar-refractivity contribution in [1.29, 1.82) is 0 Å². The van der Waals surface area contributed by atoms with Crippen molar-refractivity contribution >= 4 is 17.4 Å². The minimum Gasteiger partial charge on any atom is -0.507 e. The minimum atomic E-state index is -0.762. The molecule has 0 aromatic heterocycles. The number of amides is 1. The molecule has 6 nitrogen and oxygen atoms in total. The molecule has 1 fully saturated rings. The van der Waals surface area contributed by atoms with E-state index in [0.717, 1.165) is 22.4 Å². The highest BCUT2D eigenvalue weighted by Crippen LogP contribution is 2.41. The van der Waals surface area contributed by atoms with Crippen LogP contribution in [0, 0.1) is 0 Å². The number of rotatable bonds is 8. The third kappa shape index (κ3) is 5.46. The number of hydrogen-bond acceptors (Lipinski definition) is 5. The zero-order chi connectivity index (χ0) is 28.3.